The first-order valence-electron chi connectivity index (χ1n) is 6.12. The second-order valence-corrected chi connectivity index (χ2v) is 4.65. The van der Waals surface area contributed by atoms with Crippen molar-refractivity contribution in [1.29, 1.82) is 5.26 Å². The molecule has 1 saturated carbocycles. The van der Waals surface area contributed by atoms with E-state index in [0.29, 0.717) is 13.0 Å². The molecule has 0 amide bonds. The van der Waals surface area contributed by atoms with Crippen molar-refractivity contribution in [3.63, 3.8) is 0 Å². The second-order valence-electron chi connectivity index (χ2n) is 4.65. The summed E-state index contributed by atoms with van der Waals surface area (Å²) < 4.78 is 5.45. The van der Waals surface area contributed by atoms with Gasteiger partial charge in [0.2, 0.25) is 0 Å². The molecule has 0 saturated heterocycles. The highest BCUT2D eigenvalue weighted by Gasteiger charge is 2.42. The Morgan fingerprint density at radius 1 is 1.47 bits per heavy atom. The number of rotatable bonds is 6. The highest BCUT2D eigenvalue weighted by atomic mass is 16.5. The summed E-state index contributed by atoms with van der Waals surface area (Å²) in [5, 5.41) is 12.2. The van der Waals surface area contributed by atoms with E-state index in [9.17, 15) is 0 Å². The molecule has 0 atom stereocenters. The fourth-order valence-electron chi connectivity index (χ4n) is 1.91. The lowest BCUT2D eigenvalue weighted by Crippen LogP contribution is -2.14. The predicted molar refractivity (Wildman–Crippen MR) is 68.0 cm³/mol. The minimum atomic E-state index is 0.233. The maximum Gasteiger partial charge on any atom is 0.121 e. The van der Waals surface area contributed by atoms with Gasteiger partial charge in [-0.1, -0.05) is 6.07 Å². The highest BCUT2D eigenvalue weighted by Crippen LogP contribution is 2.48. The monoisotopic (exact) mass is 230 g/mol. The number of benzene rings is 1. The molecule has 0 bridgehead atoms. The summed E-state index contributed by atoms with van der Waals surface area (Å²) in [5.74, 6) is 0.891. The quantitative estimate of drug-likeness (QED) is 0.816. The van der Waals surface area contributed by atoms with Crippen molar-refractivity contribution < 1.29 is 4.74 Å². The van der Waals surface area contributed by atoms with Gasteiger partial charge in [-0.2, -0.15) is 5.26 Å². The number of nitriles is 1. The molecule has 0 radical (unpaired) electrons. The van der Waals surface area contributed by atoms with Crippen LogP contribution in [-0.4, -0.2) is 13.2 Å². The van der Waals surface area contributed by atoms with E-state index in [-0.39, 0.29) is 5.41 Å². The van der Waals surface area contributed by atoms with Gasteiger partial charge in [-0.25, -0.2) is 0 Å². The molecule has 17 heavy (non-hydrogen) atoms. The van der Waals surface area contributed by atoms with Crippen LogP contribution in [0, 0.1) is 16.7 Å². The Bertz CT molecular complexity index is 418. The van der Waals surface area contributed by atoms with Crippen molar-refractivity contribution in [3.8, 4) is 11.8 Å². The Labute approximate surface area is 102 Å². The van der Waals surface area contributed by atoms with Crippen LogP contribution in [0.4, 0.5) is 5.69 Å². The van der Waals surface area contributed by atoms with E-state index in [1.54, 1.807) is 0 Å². The third-order valence-corrected chi connectivity index (χ3v) is 3.22. The first-order chi connectivity index (χ1) is 8.28. The van der Waals surface area contributed by atoms with Crippen molar-refractivity contribution in [2.24, 2.45) is 5.41 Å². The second kappa shape index (κ2) is 5.09. The number of hydrogen-bond donors (Lipinski definition) is 1. The van der Waals surface area contributed by atoms with E-state index in [0.717, 1.165) is 18.0 Å². The largest absolute Gasteiger partial charge is 0.494 e. The summed E-state index contributed by atoms with van der Waals surface area (Å²) in [5.41, 5.74) is 1.30. The number of ether oxygens (including phenoxy) is 1. The summed E-state index contributed by atoms with van der Waals surface area (Å²) in [6.07, 6.45) is 2.99. The Kier molecular flexibility index (Phi) is 3.53. The van der Waals surface area contributed by atoms with Crippen molar-refractivity contribution >= 4 is 5.69 Å². The summed E-state index contributed by atoms with van der Waals surface area (Å²) in [4.78, 5) is 0. The number of nitrogens with zero attached hydrogens (tertiary/aromatic N) is 1. The number of anilines is 1. The predicted octanol–water partition coefficient (Wildman–Crippen LogP) is 3.19. The Morgan fingerprint density at radius 3 is 2.94 bits per heavy atom. The van der Waals surface area contributed by atoms with Crippen molar-refractivity contribution in [2.45, 2.75) is 26.2 Å². The molecule has 1 aliphatic rings. The SMILES string of the molecule is CCOc1cccc(NCC2(CC#N)CC2)c1. The van der Waals surface area contributed by atoms with Crippen LogP contribution in [0.15, 0.2) is 24.3 Å². The first kappa shape index (κ1) is 11.8. The molecule has 2 rings (SSSR count). The Balaban J connectivity index is 1.91. The third-order valence-electron chi connectivity index (χ3n) is 3.22. The van der Waals surface area contributed by atoms with Crippen LogP contribution in [0.1, 0.15) is 26.2 Å². The van der Waals surface area contributed by atoms with Crippen LogP contribution >= 0.6 is 0 Å². The average Bonchev–Trinajstić information content (AvgIpc) is 3.09. The summed E-state index contributed by atoms with van der Waals surface area (Å²) >= 11 is 0. The van der Waals surface area contributed by atoms with Crippen LogP contribution in [0.5, 0.6) is 5.75 Å². The molecular formula is C14H18N2O. The lowest BCUT2D eigenvalue weighted by atomic mass is 10.0. The van der Waals surface area contributed by atoms with Crippen LogP contribution in [0.3, 0.4) is 0 Å². The van der Waals surface area contributed by atoms with Gasteiger partial charge >= 0.3 is 0 Å². The summed E-state index contributed by atoms with van der Waals surface area (Å²) in [7, 11) is 0. The van der Waals surface area contributed by atoms with E-state index < -0.39 is 0 Å². The molecule has 0 aromatic heterocycles. The standard InChI is InChI=1S/C14H18N2O/c1-2-17-13-5-3-4-12(10-13)16-11-14(6-7-14)8-9-15/h3-5,10,16H,2,6-8,11H2,1H3. The number of nitrogens with one attached hydrogen (secondary N) is 1. The average molecular weight is 230 g/mol. The van der Waals surface area contributed by atoms with Crippen LogP contribution in [0.2, 0.25) is 0 Å². The van der Waals surface area contributed by atoms with Gasteiger partial charge in [-0.05, 0) is 31.9 Å². The maximum atomic E-state index is 8.76. The highest BCUT2D eigenvalue weighted by molar-refractivity contribution is 5.48. The van der Waals surface area contributed by atoms with Gasteiger partial charge in [0.25, 0.3) is 0 Å². The van der Waals surface area contributed by atoms with Gasteiger partial charge in [0.1, 0.15) is 5.75 Å². The molecule has 0 spiro atoms. The van der Waals surface area contributed by atoms with Crippen molar-refractivity contribution in [3.05, 3.63) is 24.3 Å². The zero-order chi connectivity index (χ0) is 12.1. The molecule has 0 aliphatic heterocycles. The summed E-state index contributed by atoms with van der Waals surface area (Å²) in [6, 6.07) is 10.3. The molecule has 1 aliphatic carbocycles. The molecule has 1 fully saturated rings. The van der Waals surface area contributed by atoms with E-state index in [2.05, 4.69) is 11.4 Å². The third kappa shape index (κ3) is 3.13. The van der Waals surface area contributed by atoms with E-state index in [1.807, 2.05) is 31.2 Å². The van der Waals surface area contributed by atoms with Crippen molar-refractivity contribution in [2.75, 3.05) is 18.5 Å². The van der Waals surface area contributed by atoms with E-state index >= 15 is 0 Å². The fourth-order valence-corrected chi connectivity index (χ4v) is 1.91. The normalized spacial score (nSPS) is 16.0. The molecular weight excluding hydrogens is 212 g/mol. The first-order valence-corrected chi connectivity index (χ1v) is 6.12. The number of hydrogen-bond acceptors (Lipinski definition) is 3. The molecule has 1 aromatic rings. The van der Waals surface area contributed by atoms with Gasteiger partial charge in [0, 0.05) is 30.1 Å². The Morgan fingerprint density at radius 2 is 2.29 bits per heavy atom. The fraction of sp³-hybridized carbons (Fsp3) is 0.500. The van der Waals surface area contributed by atoms with Gasteiger partial charge < -0.3 is 10.1 Å². The van der Waals surface area contributed by atoms with Crippen LogP contribution in [0.25, 0.3) is 0 Å². The van der Waals surface area contributed by atoms with Gasteiger partial charge in [-0.3, -0.25) is 0 Å². The lowest BCUT2D eigenvalue weighted by Gasteiger charge is -2.14. The molecule has 3 nitrogen and oxygen atoms in total. The zero-order valence-electron chi connectivity index (χ0n) is 10.2. The minimum Gasteiger partial charge on any atom is -0.494 e. The molecule has 0 heterocycles. The van der Waals surface area contributed by atoms with E-state index in [4.69, 9.17) is 10.00 Å². The van der Waals surface area contributed by atoms with Crippen LogP contribution < -0.4 is 10.1 Å². The van der Waals surface area contributed by atoms with Gasteiger partial charge in [0.15, 0.2) is 0 Å². The van der Waals surface area contributed by atoms with E-state index in [1.165, 1.54) is 12.8 Å². The molecule has 90 valence electrons. The molecule has 1 aromatic carbocycles. The van der Waals surface area contributed by atoms with Gasteiger partial charge in [-0.15, -0.1) is 0 Å². The lowest BCUT2D eigenvalue weighted by molar-refractivity contribution is 0.340. The maximum absolute atomic E-state index is 8.76. The Hall–Kier alpha value is -1.69. The van der Waals surface area contributed by atoms with Crippen molar-refractivity contribution in [1.82, 2.24) is 0 Å². The smallest absolute Gasteiger partial charge is 0.121 e. The summed E-state index contributed by atoms with van der Waals surface area (Å²) in [6.45, 7) is 3.55. The molecule has 1 N–H and O–H groups in total. The topological polar surface area (TPSA) is 45.0 Å². The van der Waals surface area contributed by atoms with Gasteiger partial charge in [0.05, 0.1) is 12.7 Å². The van der Waals surface area contributed by atoms with Crippen LogP contribution in [-0.2, 0) is 0 Å². The zero-order valence-corrected chi connectivity index (χ0v) is 10.2. The molecule has 3 heteroatoms. The minimum absolute atomic E-state index is 0.233. The molecule has 0 unspecified atom stereocenters.